The maximum absolute atomic E-state index is 14.9. The Balaban J connectivity index is 2.58. The van der Waals surface area contributed by atoms with Crippen LogP contribution in [0.15, 0.2) is 48.5 Å². The fourth-order valence-corrected chi connectivity index (χ4v) is 15.6. The number of aliphatic hydroxyl groups excluding tert-OH is 1. The highest BCUT2D eigenvalue weighted by Crippen LogP contribution is 2.21. The number of benzene rings is 2. The molecule has 0 saturated carbocycles. The highest BCUT2D eigenvalue weighted by Gasteiger charge is 2.41. The summed E-state index contributed by atoms with van der Waals surface area (Å²) in [7, 11) is 0. The number of carbonyl (C=O) groups excluding carboxylic acids is 16. The van der Waals surface area contributed by atoms with E-state index in [1.165, 1.54) is 50.2 Å². The van der Waals surface area contributed by atoms with E-state index in [4.69, 9.17) is 62.4 Å². The number of rotatable bonds is 77. The van der Waals surface area contributed by atoms with E-state index in [0.717, 1.165) is 0 Å². The van der Waals surface area contributed by atoms with Crippen molar-refractivity contribution in [2.45, 2.75) is 345 Å². The van der Waals surface area contributed by atoms with Gasteiger partial charge >= 0.3 is 5.97 Å². The number of aromatic hydroxyl groups is 2. The number of carbonyl (C=O) groups is 17. The SMILES string of the molecule is CC[C@H](C)[C@H](NC(=O)[C@H](CCCCN)NC(=O)[C@H](Cc1ccc(O)cc1)NC(=O)[C@@H](NC(=O)[C@@H](NC(=O)[C@@H](N)Cc1ccc(O)cc1)[C@@H](C)CC)C(C)C)C(=O)N[C@@H](CCCNC(=N)N)C(=O)N[C@@H](CO)C(=O)N[C@@H](C)C(=O)N[C@@H](CCCCN)C(=O)N[C@@H](CCCCN)C(=O)N[C@@H](CCCNC(=N)N)C(=O)N[C@@H](CCCCN)C(=O)N[C@@H](CCCCN)C(=O)N[C@@H](C)C(=O)N[C@@H](CC(C)C)C(=O)N[C@@H](CCCCN)C(=O)O. The number of hydrogen-bond acceptors (Lipinski definition) is 29. The van der Waals surface area contributed by atoms with Gasteiger partial charge < -0.3 is 168 Å². The molecule has 0 unspecified atom stereocenters. The molecule has 0 aliphatic carbocycles. The van der Waals surface area contributed by atoms with Crippen LogP contribution in [0.2, 0.25) is 0 Å². The maximum atomic E-state index is 14.9. The van der Waals surface area contributed by atoms with E-state index in [1.54, 1.807) is 67.5 Å². The van der Waals surface area contributed by atoms with Gasteiger partial charge in [0.1, 0.15) is 108 Å². The van der Waals surface area contributed by atoms with Crippen molar-refractivity contribution in [1.29, 1.82) is 10.8 Å². The zero-order chi connectivity index (χ0) is 111. The van der Waals surface area contributed by atoms with Gasteiger partial charge in [0.05, 0.1) is 12.6 Å². The monoisotopic (exact) mass is 2090 g/mol. The number of aliphatic carboxylic acids is 1. The Bertz CT molecular complexity index is 4490. The molecule has 148 heavy (non-hydrogen) atoms. The van der Waals surface area contributed by atoms with Crippen molar-refractivity contribution in [3.63, 3.8) is 0 Å². The van der Waals surface area contributed by atoms with Crippen LogP contribution in [0, 0.1) is 34.5 Å². The summed E-state index contributed by atoms with van der Waals surface area (Å²) in [6.07, 6.45) is 3.87. The van der Waals surface area contributed by atoms with Crippen molar-refractivity contribution >= 4 is 112 Å². The standard InChI is InChI=1S/C98H173N29O21/c1-11-57(7)78(127-89(140)70(31-17-23-47-103)119-91(142)75(53-62-37-41-64(130)42-38-62)123-93(144)77(56(5)6)125-95(146)79(58(8)12-2)126-82(133)65(105)52-61-35-39-63(129)40-36-61)94(145)120-72(34-26-50-111-98(108)109)88(139)124-76(54-128)92(143)113-59(9)80(131)114-67(28-14-20-44-100)84(135)116-69(30-16-22-46-102)86(137)118-71(33-25-49-110-97(106)107)87(138)117-68(29-15-21-45-101)85(136)115-66(27-13-19-43-99)83(134)112-60(10)81(132)122-74(51-55(3)4)90(141)121-73(96(147)148)32-18-24-48-104/h35-42,55-60,65-79,128-130H,11-34,43-54,99-105H2,1-10H3,(H,112,134)(H,113,143)(H,114,131)(H,115,136)(H,116,135)(H,117,138)(H,118,137)(H,119,142)(H,120,145)(H,121,141)(H,122,132)(H,123,144)(H,124,139)(H,125,146)(H,126,133)(H,127,140)(H,147,148)(H4,106,107,110)(H4,108,109,111)/t57-,58-,59-,60-,65-,66-,67-,68-,69-,70-,71-,72-,73-,74-,75-,76-,77-,78-,79-/m0/s1. The van der Waals surface area contributed by atoms with Crippen LogP contribution in [0.5, 0.6) is 11.5 Å². The first-order valence-corrected chi connectivity index (χ1v) is 51.6. The molecule has 0 radical (unpaired) electrons. The third kappa shape index (κ3) is 51.2. The molecule has 2 rings (SSSR count). The molecule has 50 nitrogen and oxygen atoms in total. The molecule has 0 heterocycles. The molecule has 0 aliphatic rings. The lowest BCUT2D eigenvalue weighted by molar-refractivity contribution is -0.142. The molecule has 19 atom stereocenters. The largest absolute Gasteiger partial charge is 0.508 e. The van der Waals surface area contributed by atoms with Crippen LogP contribution in [0.4, 0.5) is 0 Å². The molecule has 0 spiro atoms. The quantitative estimate of drug-likeness (QED) is 0.0168. The number of nitrogens with one attached hydrogen (secondary N) is 20. The second-order valence-corrected chi connectivity index (χ2v) is 38.3. The first-order chi connectivity index (χ1) is 70.2. The van der Waals surface area contributed by atoms with E-state index in [0.29, 0.717) is 75.5 Å². The zero-order valence-electron chi connectivity index (χ0n) is 87.6. The Morgan fingerprint density at radius 3 is 0.872 bits per heavy atom. The van der Waals surface area contributed by atoms with E-state index >= 15 is 0 Å². The number of amides is 16. The molecule has 0 fully saturated rings. The first kappa shape index (κ1) is 131. The average Bonchev–Trinajstić information content (AvgIpc) is 0.889. The van der Waals surface area contributed by atoms with Gasteiger partial charge in [0.2, 0.25) is 94.5 Å². The van der Waals surface area contributed by atoms with Gasteiger partial charge in [-0.25, -0.2) is 4.79 Å². The predicted molar refractivity (Wildman–Crippen MR) is 557 cm³/mol. The Morgan fingerprint density at radius 1 is 0.297 bits per heavy atom. The molecule has 16 amide bonds. The van der Waals surface area contributed by atoms with E-state index in [1.807, 2.05) is 0 Å². The lowest BCUT2D eigenvalue weighted by Gasteiger charge is -2.31. The second-order valence-electron chi connectivity index (χ2n) is 38.3. The third-order valence-corrected chi connectivity index (χ3v) is 24.9. The lowest BCUT2D eigenvalue weighted by atomic mass is 9.95. The van der Waals surface area contributed by atoms with Crippen LogP contribution in [0.25, 0.3) is 0 Å². The molecule has 0 bridgehead atoms. The van der Waals surface area contributed by atoms with Gasteiger partial charge in [0, 0.05) is 19.5 Å². The number of guanidine groups is 2. The summed E-state index contributed by atoms with van der Waals surface area (Å²) in [5.41, 5.74) is 53.6. The lowest BCUT2D eigenvalue weighted by Crippen LogP contribution is -2.62. The number of nitrogens with two attached hydrogens (primary N) is 9. The van der Waals surface area contributed by atoms with Crippen LogP contribution in [0.1, 0.15) is 241 Å². The number of carboxylic acids is 1. The molecule has 836 valence electrons. The summed E-state index contributed by atoms with van der Waals surface area (Å²) >= 11 is 0. The Kier molecular flexibility index (Phi) is 64.4. The van der Waals surface area contributed by atoms with Gasteiger partial charge in [-0.3, -0.25) is 87.5 Å². The van der Waals surface area contributed by atoms with Gasteiger partial charge in [0.15, 0.2) is 11.9 Å². The fraction of sp³-hybridized carbons (Fsp3) is 0.684. The van der Waals surface area contributed by atoms with Crippen molar-refractivity contribution in [2.75, 3.05) is 59.0 Å². The minimum Gasteiger partial charge on any atom is -0.508 e. The molecular formula is C98H173N29O21. The van der Waals surface area contributed by atoms with Gasteiger partial charge in [-0.15, -0.1) is 0 Å². The van der Waals surface area contributed by atoms with Crippen LogP contribution in [0.3, 0.4) is 0 Å². The van der Waals surface area contributed by atoms with Gasteiger partial charge in [-0.05, 0) is 266 Å². The van der Waals surface area contributed by atoms with Crippen LogP contribution in [-0.4, -0.2) is 295 Å². The molecule has 2 aromatic rings. The van der Waals surface area contributed by atoms with Crippen molar-refractivity contribution in [1.82, 2.24) is 95.7 Å². The van der Waals surface area contributed by atoms with Gasteiger partial charge in [-0.2, -0.15) is 0 Å². The van der Waals surface area contributed by atoms with Crippen LogP contribution in [-0.2, 0) is 94.3 Å². The van der Waals surface area contributed by atoms with Crippen molar-refractivity contribution in [3.8, 4) is 11.5 Å². The second kappa shape index (κ2) is 72.6. The fourth-order valence-electron chi connectivity index (χ4n) is 15.6. The van der Waals surface area contributed by atoms with E-state index in [9.17, 15) is 102 Å². The molecule has 2 aromatic carbocycles. The highest BCUT2D eigenvalue weighted by molar-refractivity contribution is 6.01. The molecular weight excluding hydrogens is 1920 g/mol. The Morgan fingerprint density at radius 2 is 0.547 bits per heavy atom. The molecule has 0 aliphatic heterocycles. The normalized spacial score (nSPS) is 15.1. The van der Waals surface area contributed by atoms with Gasteiger partial charge in [-0.1, -0.05) is 92.5 Å². The minimum atomic E-state index is -1.86. The topological polar surface area (TPSA) is 870 Å². The summed E-state index contributed by atoms with van der Waals surface area (Å²) in [5.74, 6) is -18.5. The number of aliphatic hydroxyl groups is 1. The number of phenolic OH excluding ortho intramolecular Hbond substituents is 2. The summed E-state index contributed by atoms with van der Waals surface area (Å²) in [4.78, 5) is 244. The van der Waals surface area contributed by atoms with E-state index in [2.05, 4.69) is 95.7 Å². The number of unbranched alkanes of at least 4 members (excludes halogenated alkanes) is 6. The number of hydrogen-bond donors (Lipinski definition) is 33. The summed E-state index contributed by atoms with van der Waals surface area (Å²) in [5, 5.41) is 104. The Labute approximate surface area is 867 Å². The van der Waals surface area contributed by atoms with Crippen LogP contribution >= 0.6 is 0 Å². The third-order valence-electron chi connectivity index (χ3n) is 24.9. The first-order valence-electron chi connectivity index (χ1n) is 51.6. The summed E-state index contributed by atoms with van der Waals surface area (Å²) in [6, 6.07) is -12.3. The molecule has 0 saturated heterocycles. The van der Waals surface area contributed by atoms with E-state index in [-0.39, 0.29) is 179 Å². The number of carboxylic acid groups (broad SMARTS) is 1. The predicted octanol–water partition coefficient (Wildman–Crippen LogP) is -4.82. The minimum absolute atomic E-state index is 0.0104. The summed E-state index contributed by atoms with van der Waals surface area (Å²) < 4.78 is 0. The Hall–Kier alpha value is -12.7. The molecule has 50 heteroatoms. The maximum Gasteiger partial charge on any atom is 0.326 e. The van der Waals surface area contributed by atoms with Crippen molar-refractivity contribution in [3.05, 3.63) is 59.7 Å². The number of phenols is 2. The van der Waals surface area contributed by atoms with Crippen molar-refractivity contribution < 1.29 is 102 Å². The van der Waals surface area contributed by atoms with Crippen molar-refractivity contribution in [2.24, 2.45) is 75.3 Å². The van der Waals surface area contributed by atoms with Gasteiger partial charge in [0.25, 0.3) is 0 Å². The highest BCUT2D eigenvalue weighted by atomic mass is 16.4. The average molecular weight is 2090 g/mol. The van der Waals surface area contributed by atoms with E-state index < -0.39 is 239 Å². The molecule has 42 N–H and O–H groups in total. The van der Waals surface area contributed by atoms with Crippen LogP contribution < -0.4 is 147 Å². The zero-order valence-corrected chi connectivity index (χ0v) is 87.6. The smallest absolute Gasteiger partial charge is 0.326 e. The molecule has 0 aromatic heterocycles. The summed E-state index contributed by atoms with van der Waals surface area (Å²) in [6.45, 7) is 16.3.